The molecule has 100 valence electrons. The van der Waals surface area contributed by atoms with Crippen LogP contribution in [0.25, 0.3) is 0 Å². The van der Waals surface area contributed by atoms with Crippen molar-refractivity contribution in [3.63, 3.8) is 0 Å². The normalized spacial score (nSPS) is 23.9. The Balaban J connectivity index is 2.02. The summed E-state index contributed by atoms with van der Waals surface area (Å²) in [5.41, 5.74) is 1.69. The van der Waals surface area contributed by atoms with Gasteiger partial charge in [0, 0.05) is 19.2 Å². The summed E-state index contributed by atoms with van der Waals surface area (Å²) in [6.07, 6.45) is 4.61. The summed E-state index contributed by atoms with van der Waals surface area (Å²) in [5, 5.41) is 0. The number of nitrogens with zero attached hydrogens (tertiary/aromatic N) is 2. The lowest BCUT2D eigenvalue weighted by atomic mass is 9.95. The number of hydrogen-bond donors (Lipinski definition) is 0. The molecule has 1 aliphatic rings. The van der Waals surface area contributed by atoms with Crippen molar-refractivity contribution in [1.29, 1.82) is 0 Å². The maximum Gasteiger partial charge on any atom is 0.317 e. The topological polar surface area (TPSA) is 44.2 Å². The molecule has 4 nitrogen and oxygen atoms in total. The monoisotopic (exact) mass is 270 g/mol. The molecule has 0 bridgehead atoms. The molecule has 1 saturated carbocycles. The van der Waals surface area contributed by atoms with Crippen LogP contribution >= 0.6 is 11.6 Å². The number of aryl methyl sites for hydroxylation is 1. The van der Waals surface area contributed by atoms with E-state index in [4.69, 9.17) is 21.1 Å². The number of rotatable bonds is 4. The Morgan fingerprint density at radius 3 is 2.83 bits per heavy atom. The van der Waals surface area contributed by atoms with Crippen LogP contribution in [-0.4, -0.2) is 29.3 Å². The molecule has 2 atom stereocenters. The van der Waals surface area contributed by atoms with Gasteiger partial charge in [0.05, 0.1) is 17.7 Å². The smallest absolute Gasteiger partial charge is 0.317 e. The van der Waals surface area contributed by atoms with E-state index in [1.54, 1.807) is 7.11 Å². The Kier molecular flexibility index (Phi) is 4.78. The predicted octanol–water partition coefficient (Wildman–Crippen LogP) is 2.86. The van der Waals surface area contributed by atoms with Crippen LogP contribution in [0.15, 0.2) is 6.07 Å². The summed E-state index contributed by atoms with van der Waals surface area (Å²) in [6, 6.07) is 2.31. The molecule has 0 saturated heterocycles. The fourth-order valence-electron chi connectivity index (χ4n) is 2.30. The maximum atomic E-state index is 5.85. The first-order valence-electron chi connectivity index (χ1n) is 6.31. The van der Waals surface area contributed by atoms with Crippen molar-refractivity contribution in [3.8, 4) is 6.01 Å². The molecule has 0 aliphatic heterocycles. The summed E-state index contributed by atoms with van der Waals surface area (Å²) in [4.78, 5) is 8.58. The average Bonchev–Trinajstić information content (AvgIpc) is 2.38. The number of alkyl halides is 1. The molecule has 2 rings (SSSR count). The van der Waals surface area contributed by atoms with Crippen LogP contribution in [0.4, 0.5) is 0 Å². The van der Waals surface area contributed by atoms with Gasteiger partial charge in [-0.3, -0.25) is 0 Å². The molecule has 0 aromatic carbocycles. The molecule has 18 heavy (non-hydrogen) atoms. The Morgan fingerprint density at radius 1 is 1.33 bits per heavy atom. The second kappa shape index (κ2) is 6.34. The van der Waals surface area contributed by atoms with Crippen LogP contribution in [0.2, 0.25) is 0 Å². The first-order valence-corrected chi connectivity index (χ1v) is 6.84. The average molecular weight is 271 g/mol. The SMILES string of the molecule is COC1CCCC(Oc2nc(C)cc(CCl)n2)C1. The van der Waals surface area contributed by atoms with Gasteiger partial charge in [0.2, 0.25) is 0 Å². The summed E-state index contributed by atoms with van der Waals surface area (Å²) in [5.74, 6) is 0.380. The highest BCUT2D eigenvalue weighted by Crippen LogP contribution is 2.24. The van der Waals surface area contributed by atoms with Crippen LogP contribution in [0.1, 0.15) is 37.1 Å². The van der Waals surface area contributed by atoms with E-state index in [0.717, 1.165) is 37.1 Å². The molecule has 0 N–H and O–H groups in total. The van der Waals surface area contributed by atoms with Gasteiger partial charge < -0.3 is 9.47 Å². The lowest BCUT2D eigenvalue weighted by Gasteiger charge is -2.27. The summed E-state index contributed by atoms with van der Waals surface area (Å²) in [6.45, 7) is 1.92. The molecular formula is C13H19ClN2O2. The second-order valence-corrected chi connectivity index (χ2v) is 4.95. The van der Waals surface area contributed by atoms with Crippen LogP contribution in [-0.2, 0) is 10.6 Å². The molecule has 1 fully saturated rings. The van der Waals surface area contributed by atoms with Gasteiger partial charge in [-0.05, 0) is 32.3 Å². The molecular weight excluding hydrogens is 252 g/mol. The van der Waals surface area contributed by atoms with E-state index in [9.17, 15) is 0 Å². The molecule has 1 aliphatic carbocycles. The third kappa shape index (κ3) is 3.56. The van der Waals surface area contributed by atoms with E-state index in [0.29, 0.717) is 18.0 Å². The van der Waals surface area contributed by atoms with E-state index in [1.165, 1.54) is 0 Å². The third-order valence-corrected chi connectivity index (χ3v) is 3.48. The Labute approximate surface area is 113 Å². The van der Waals surface area contributed by atoms with Crippen molar-refractivity contribution >= 4 is 11.6 Å². The Bertz CT molecular complexity index is 401. The zero-order valence-corrected chi connectivity index (χ0v) is 11.6. The van der Waals surface area contributed by atoms with Gasteiger partial charge in [-0.1, -0.05) is 0 Å². The van der Waals surface area contributed by atoms with Crippen molar-refractivity contribution in [1.82, 2.24) is 9.97 Å². The lowest BCUT2D eigenvalue weighted by Crippen LogP contribution is -2.30. The van der Waals surface area contributed by atoms with Crippen molar-refractivity contribution in [2.24, 2.45) is 0 Å². The molecule has 0 spiro atoms. The number of ether oxygens (including phenoxy) is 2. The highest BCUT2D eigenvalue weighted by atomic mass is 35.5. The van der Waals surface area contributed by atoms with Gasteiger partial charge in [-0.25, -0.2) is 4.98 Å². The zero-order valence-electron chi connectivity index (χ0n) is 10.9. The number of methoxy groups -OCH3 is 1. The van der Waals surface area contributed by atoms with Crippen molar-refractivity contribution in [3.05, 3.63) is 17.5 Å². The van der Waals surface area contributed by atoms with Crippen LogP contribution < -0.4 is 4.74 Å². The van der Waals surface area contributed by atoms with Gasteiger partial charge in [-0.2, -0.15) is 4.98 Å². The zero-order chi connectivity index (χ0) is 13.0. The van der Waals surface area contributed by atoms with Gasteiger partial charge in [0.15, 0.2) is 0 Å². The minimum absolute atomic E-state index is 0.147. The standard InChI is InChI=1S/C13H19ClN2O2/c1-9-6-10(8-14)16-13(15-9)18-12-5-3-4-11(7-12)17-2/h6,11-12H,3-5,7-8H2,1-2H3. The highest BCUT2D eigenvalue weighted by Gasteiger charge is 2.23. The third-order valence-electron chi connectivity index (χ3n) is 3.21. The predicted molar refractivity (Wildman–Crippen MR) is 70.0 cm³/mol. The van der Waals surface area contributed by atoms with Crippen LogP contribution in [0.3, 0.4) is 0 Å². The molecule has 0 amide bonds. The molecule has 0 radical (unpaired) electrons. The minimum atomic E-state index is 0.147. The Hall–Kier alpha value is -0.870. The van der Waals surface area contributed by atoms with Crippen LogP contribution in [0.5, 0.6) is 6.01 Å². The van der Waals surface area contributed by atoms with E-state index < -0.39 is 0 Å². The van der Waals surface area contributed by atoms with Gasteiger partial charge in [0.25, 0.3) is 0 Å². The summed E-state index contributed by atoms with van der Waals surface area (Å²) < 4.78 is 11.2. The van der Waals surface area contributed by atoms with Gasteiger partial charge in [-0.15, -0.1) is 11.6 Å². The first kappa shape index (κ1) is 13.6. The summed E-state index contributed by atoms with van der Waals surface area (Å²) >= 11 is 5.79. The van der Waals surface area contributed by atoms with E-state index in [2.05, 4.69) is 9.97 Å². The number of halogens is 1. The second-order valence-electron chi connectivity index (χ2n) is 4.68. The summed E-state index contributed by atoms with van der Waals surface area (Å²) in [7, 11) is 1.75. The number of aromatic nitrogens is 2. The fraction of sp³-hybridized carbons (Fsp3) is 0.692. The van der Waals surface area contributed by atoms with Gasteiger partial charge in [0.1, 0.15) is 6.10 Å². The van der Waals surface area contributed by atoms with E-state index in [1.807, 2.05) is 13.0 Å². The first-order chi connectivity index (χ1) is 8.71. The van der Waals surface area contributed by atoms with E-state index in [-0.39, 0.29) is 6.10 Å². The highest BCUT2D eigenvalue weighted by molar-refractivity contribution is 6.16. The number of hydrogen-bond acceptors (Lipinski definition) is 4. The maximum absolute atomic E-state index is 5.85. The molecule has 5 heteroatoms. The van der Waals surface area contributed by atoms with Crippen molar-refractivity contribution in [2.75, 3.05) is 7.11 Å². The van der Waals surface area contributed by atoms with Gasteiger partial charge >= 0.3 is 6.01 Å². The molecule has 2 unspecified atom stereocenters. The Morgan fingerprint density at radius 2 is 2.11 bits per heavy atom. The van der Waals surface area contributed by atoms with E-state index >= 15 is 0 Å². The van der Waals surface area contributed by atoms with Crippen molar-refractivity contribution in [2.45, 2.75) is 50.7 Å². The quantitative estimate of drug-likeness (QED) is 0.789. The minimum Gasteiger partial charge on any atom is -0.460 e. The molecule has 1 heterocycles. The fourth-order valence-corrected chi connectivity index (χ4v) is 2.43. The van der Waals surface area contributed by atoms with Crippen molar-refractivity contribution < 1.29 is 9.47 Å². The molecule has 1 aromatic heterocycles. The van der Waals surface area contributed by atoms with Crippen LogP contribution in [0, 0.1) is 6.92 Å². The molecule has 1 aromatic rings. The lowest BCUT2D eigenvalue weighted by molar-refractivity contribution is 0.0178. The largest absolute Gasteiger partial charge is 0.460 e.